The molecule has 1 unspecified atom stereocenters. The lowest BCUT2D eigenvalue weighted by molar-refractivity contribution is -0.386. The predicted octanol–water partition coefficient (Wildman–Crippen LogP) is 3.76. The third-order valence-corrected chi connectivity index (χ3v) is 2.89. The Bertz CT molecular complexity index is 508. The lowest BCUT2D eigenvalue weighted by Gasteiger charge is -2.13. The van der Waals surface area contributed by atoms with Crippen molar-refractivity contribution in [3.63, 3.8) is 0 Å². The molecule has 0 bridgehead atoms. The van der Waals surface area contributed by atoms with Gasteiger partial charge >= 0.3 is 5.69 Å². The maximum absolute atomic E-state index is 11.1. The normalized spacial score (nSPS) is 11.8. The van der Waals surface area contributed by atoms with Crippen LogP contribution in [0.25, 0.3) is 0 Å². The van der Waals surface area contributed by atoms with E-state index >= 15 is 0 Å². The molecular weight excluding hydrogens is 314 g/mol. The summed E-state index contributed by atoms with van der Waals surface area (Å²) >= 11 is 3.19. The molecule has 0 saturated heterocycles. The van der Waals surface area contributed by atoms with Crippen molar-refractivity contribution in [2.24, 2.45) is 0 Å². The van der Waals surface area contributed by atoms with Gasteiger partial charge in [-0.05, 0) is 32.9 Å². The fourth-order valence-corrected chi connectivity index (χ4v) is 1.96. The molecule has 0 aromatic heterocycles. The summed E-state index contributed by atoms with van der Waals surface area (Å²) < 4.78 is 5.99. The zero-order chi connectivity index (χ0) is 14.6. The molecule has 0 spiro atoms. The van der Waals surface area contributed by atoms with Gasteiger partial charge in [-0.15, -0.1) is 0 Å². The van der Waals surface area contributed by atoms with Gasteiger partial charge in [0.2, 0.25) is 5.75 Å². The van der Waals surface area contributed by atoms with E-state index in [-0.39, 0.29) is 18.0 Å². The fraction of sp³-hybridized carbons (Fsp3) is 0.385. The third-order valence-electron chi connectivity index (χ3n) is 2.43. The highest BCUT2D eigenvalue weighted by Crippen LogP contribution is 2.37. The minimum Gasteiger partial charge on any atom is -0.482 e. The standard InChI is InChI=1S/C13H16BrNO4/c1-8(2)4-5-19-13-11(9(3)16)6-10(14)7-12(13)15(17)18/h4,6-7,9,16H,5H2,1-3H3. The van der Waals surface area contributed by atoms with Crippen LogP contribution in [-0.4, -0.2) is 16.6 Å². The molecule has 0 aliphatic rings. The summed E-state index contributed by atoms with van der Waals surface area (Å²) in [5.41, 5.74) is 1.29. The number of allylic oxidation sites excluding steroid dienone is 1. The molecule has 0 radical (unpaired) electrons. The topological polar surface area (TPSA) is 72.6 Å². The predicted molar refractivity (Wildman–Crippen MR) is 76.4 cm³/mol. The number of aliphatic hydroxyl groups excluding tert-OH is 1. The molecule has 0 aliphatic carbocycles. The third kappa shape index (κ3) is 4.33. The van der Waals surface area contributed by atoms with E-state index in [1.54, 1.807) is 13.0 Å². The quantitative estimate of drug-likeness (QED) is 0.507. The highest BCUT2D eigenvalue weighted by molar-refractivity contribution is 9.10. The van der Waals surface area contributed by atoms with Gasteiger partial charge in [0.25, 0.3) is 0 Å². The van der Waals surface area contributed by atoms with Crippen molar-refractivity contribution in [2.75, 3.05) is 6.61 Å². The van der Waals surface area contributed by atoms with Crippen molar-refractivity contribution < 1.29 is 14.8 Å². The Kier molecular flexibility index (Phi) is 5.50. The molecule has 1 atom stereocenters. The molecule has 0 amide bonds. The van der Waals surface area contributed by atoms with Crippen LogP contribution in [0.15, 0.2) is 28.3 Å². The Balaban J connectivity index is 3.23. The van der Waals surface area contributed by atoms with Crippen LogP contribution in [0.2, 0.25) is 0 Å². The van der Waals surface area contributed by atoms with Crippen LogP contribution in [0.5, 0.6) is 5.75 Å². The van der Waals surface area contributed by atoms with Gasteiger partial charge in [0.05, 0.1) is 11.0 Å². The van der Waals surface area contributed by atoms with Gasteiger partial charge in [-0.2, -0.15) is 0 Å². The van der Waals surface area contributed by atoms with E-state index in [0.29, 0.717) is 10.0 Å². The van der Waals surface area contributed by atoms with E-state index in [2.05, 4.69) is 15.9 Å². The number of hydrogen-bond donors (Lipinski definition) is 1. The number of halogens is 1. The second kappa shape index (κ2) is 6.68. The Morgan fingerprint density at radius 2 is 2.21 bits per heavy atom. The van der Waals surface area contributed by atoms with E-state index in [1.165, 1.54) is 6.07 Å². The molecule has 0 heterocycles. The summed E-state index contributed by atoms with van der Waals surface area (Å²) in [7, 11) is 0. The van der Waals surface area contributed by atoms with Crippen LogP contribution in [0.1, 0.15) is 32.4 Å². The first kappa shape index (κ1) is 15.7. The Morgan fingerprint density at radius 1 is 1.58 bits per heavy atom. The summed E-state index contributed by atoms with van der Waals surface area (Å²) in [6, 6.07) is 2.99. The van der Waals surface area contributed by atoms with Crippen molar-refractivity contribution >= 4 is 21.6 Å². The highest BCUT2D eigenvalue weighted by atomic mass is 79.9. The van der Waals surface area contributed by atoms with Crippen LogP contribution < -0.4 is 4.74 Å². The number of rotatable bonds is 5. The minimum absolute atomic E-state index is 0.112. The van der Waals surface area contributed by atoms with Crippen LogP contribution in [0.4, 0.5) is 5.69 Å². The molecule has 1 rings (SSSR count). The first-order valence-electron chi connectivity index (χ1n) is 5.75. The fourth-order valence-electron chi connectivity index (χ4n) is 1.49. The van der Waals surface area contributed by atoms with E-state index in [4.69, 9.17) is 4.74 Å². The zero-order valence-electron chi connectivity index (χ0n) is 11.0. The second-order valence-corrected chi connectivity index (χ2v) is 5.28. The minimum atomic E-state index is -0.849. The molecule has 1 aromatic carbocycles. The first-order valence-corrected chi connectivity index (χ1v) is 6.54. The number of nitro groups is 1. The van der Waals surface area contributed by atoms with Crippen LogP contribution in [0.3, 0.4) is 0 Å². The SMILES string of the molecule is CC(C)=CCOc1c(C(C)O)cc(Br)cc1[N+](=O)[O-]. The number of hydrogen-bond acceptors (Lipinski definition) is 4. The zero-order valence-corrected chi connectivity index (χ0v) is 12.6. The summed E-state index contributed by atoms with van der Waals surface area (Å²) in [5.74, 6) is 0.112. The largest absolute Gasteiger partial charge is 0.482 e. The van der Waals surface area contributed by atoms with Crippen LogP contribution in [0, 0.1) is 10.1 Å². The van der Waals surface area contributed by atoms with Gasteiger partial charge in [-0.1, -0.05) is 21.5 Å². The van der Waals surface area contributed by atoms with Gasteiger partial charge in [-0.3, -0.25) is 10.1 Å². The van der Waals surface area contributed by atoms with E-state index in [9.17, 15) is 15.2 Å². The monoisotopic (exact) mass is 329 g/mol. The van der Waals surface area contributed by atoms with E-state index in [0.717, 1.165) is 5.57 Å². The Labute approximate surface area is 120 Å². The number of ether oxygens (including phenoxy) is 1. The molecule has 0 aliphatic heterocycles. The van der Waals surface area contributed by atoms with Crippen LogP contribution in [-0.2, 0) is 0 Å². The van der Waals surface area contributed by atoms with E-state index < -0.39 is 11.0 Å². The lowest BCUT2D eigenvalue weighted by Crippen LogP contribution is -2.04. The lowest BCUT2D eigenvalue weighted by atomic mass is 10.1. The molecule has 104 valence electrons. The number of nitro benzene ring substituents is 1. The van der Waals surface area contributed by atoms with Gasteiger partial charge in [0.1, 0.15) is 6.61 Å². The summed E-state index contributed by atoms with van der Waals surface area (Å²) in [5, 5.41) is 20.8. The van der Waals surface area contributed by atoms with Gasteiger partial charge < -0.3 is 9.84 Å². The molecular formula is C13H16BrNO4. The molecule has 19 heavy (non-hydrogen) atoms. The van der Waals surface area contributed by atoms with Crippen molar-refractivity contribution in [3.8, 4) is 5.75 Å². The van der Waals surface area contributed by atoms with Crippen molar-refractivity contribution in [1.82, 2.24) is 0 Å². The maximum atomic E-state index is 11.1. The molecule has 5 nitrogen and oxygen atoms in total. The van der Waals surface area contributed by atoms with Crippen LogP contribution >= 0.6 is 15.9 Å². The molecule has 0 saturated carbocycles. The summed E-state index contributed by atoms with van der Waals surface area (Å²) in [6.07, 6.45) is 0.968. The Hall–Kier alpha value is -1.40. The average molecular weight is 330 g/mol. The number of aliphatic hydroxyl groups is 1. The molecule has 0 fully saturated rings. The second-order valence-electron chi connectivity index (χ2n) is 4.37. The highest BCUT2D eigenvalue weighted by Gasteiger charge is 2.23. The van der Waals surface area contributed by atoms with Crippen molar-refractivity contribution in [1.29, 1.82) is 0 Å². The number of nitrogens with zero attached hydrogens (tertiary/aromatic N) is 1. The molecule has 6 heteroatoms. The first-order chi connectivity index (χ1) is 8.82. The van der Waals surface area contributed by atoms with E-state index in [1.807, 2.05) is 19.9 Å². The maximum Gasteiger partial charge on any atom is 0.312 e. The molecule has 1 aromatic rings. The average Bonchev–Trinajstić information content (AvgIpc) is 2.29. The van der Waals surface area contributed by atoms with Gasteiger partial charge in [0, 0.05) is 16.1 Å². The summed E-state index contributed by atoms with van der Waals surface area (Å²) in [4.78, 5) is 10.5. The van der Waals surface area contributed by atoms with Gasteiger partial charge in [0.15, 0.2) is 0 Å². The molecule has 1 N–H and O–H groups in total. The smallest absolute Gasteiger partial charge is 0.312 e. The Morgan fingerprint density at radius 3 is 2.68 bits per heavy atom. The van der Waals surface area contributed by atoms with Crippen molar-refractivity contribution in [3.05, 3.63) is 43.9 Å². The van der Waals surface area contributed by atoms with Gasteiger partial charge in [-0.25, -0.2) is 0 Å². The number of benzene rings is 1. The van der Waals surface area contributed by atoms with Crippen molar-refractivity contribution in [2.45, 2.75) is 26.9 Å². The summed E-state index contributed by atoms with van der Waals surface area (Å²) in [6.45, 7) is 5.59.